The Morgan fingerprint density at radius 2 is 1.42 bits per heavy atom. The number of H-pyrrole nitrogens is 1. The molecular formula is C19H30N4O3. The van der Waals surface area contributed by atoms with Crippen molar-refractivity contribution >= 4 is 11.6 Å². The molecule has 2 N–H and O–H groups in total. The molecule has 0 radical (unpaired) electrons. The van der Waals surface area contributed by atoms with E-state index in [9.17, 15) is 5.11 Å². The Labute approximate surface area is 155 Å². The van der Waals surface area contributed by atoms with Gasteiger partial charge in [-0.05, 0) is 39.8 Å². The van der Waals surface area contributed by atoms with Crippen LogP contribution in [-0.4, -0.2) is 55.5 Å². The Kier molecular flexibility index (Phi) is 6.60. The molecule has 0 spiro atoms. The van der Waals surface area contributed by atoms with Crippen molar-refractivity contribution in [1.29, 1.82) is 0 Å². The van der Waals surface area contributed by atoms with Gasteiger partial charge in [0.15, 0.2) is 23.1 Å². The van der Waals surface area contributed by atoms with E-state index in [-0.39, 0.29) is 5.75 Å². The maximum Gasteiger partial charge on any atom is 0.200 e. The van der Waals surface area contributed by atoms with E-state index in [1.54, 1.807) is 12.1 Å². The summed E-state index contributed by atoms with van der Waals surface area (Å²) in [6, 6.07) is 3.52. The number of imidazole rings is 1. The summed E-state index contributed by atoms with van der Waals surface area (Å²) >= 11 is 0. The van der Waals surface area contributed by atoms with Crippen molar-refractivity contribution in [2.24, 2.45) is 0 Å². The molecular weight excluding hydrogens is 332 g/mol. The van der Waals surface area contributed by atoms with Crippen LogP contribution in [0.3, 0.4) is 0 Å². The number of aromatic nitrogens is 2. The monoisotopic (exact) mass is 362 g/mol. The van der Waals surface area contributed by atoms with Crippen LogP contribution in [0.2, 0.25) is 0 Å². The standard InChI is InChI=1S/C19H30N4O3/c1-7-22(8-2)18-19(23(9-3)10-4)21-17(20-18)13-11-14(25-5)16(24)15(12-13)26-6/h11-12,24H,7-10H2,1-6H3,(H,20,21). The molecule has 0 aliphatic heterocycles. The summed E-state index contributed by atoms with van der Waals surface area (Å²) in [6.45, 7) is 12.0. The predicted octanol–water partition coefficient (Wildman–Crippen LogP) is 3.49. The minimum Gasteiger partial charge on any atom is -0.502 e. The number of anilines is 2. The molecule has 7 nitrogen and oxygen atoms in total. The number of rotatable bonds is 9. The Hall–Kier alpha value is -2.57. The van der Waals surface area contributed by atoms with E-state index in [1.165, 1.54) is 14.2 Å². The van der Waals surface area contributed by atoms with Crippen molar-refractivity contribution in [3.8, 4) is 28.6 Å². The number of benzene rings is 1. The lowest BCUT2D eigenvalue weighted by Crippen LogP contribution is -2.28. The molecule has 0 amide bonds. The van der Waals surface area contributed by atoms with E-state index in [0.717, 1.165) is 43.4 Å². The zero-order chi connectivity index (χ0) is 19.3. The van der Waals surface area contributed by atoms with Crippen LogP contribution in [0.4, 0.5) is 11.6 Å². The minimum atomic E-state index is -0.0155. The number of hydrogen-bond donors (Lipinski definition) is 2. The molecule has 0 unspecified atom stereocenters. The van der Waals surface area contributed by atoms with Gasteiger partial charge in [0.05, 0.1) is 14.2 Å². The second kappa shape index (κ2) is 8.69. The Morgan fingerprint density at radius 3 is 1.85 bits per heavy atom. The maximum absolute atomic E-state index is 10.2. The molecule has 0 atom stereocenters. The summed E-state index contributed by atoms with van der Waals surface area (Å²) in [5, 5.41) is 10.2. The van der Waals surface area contributed by atoms with Gasteiger partial charge in [0.2, 0.25) is 5.75 Å². The fourth-order valence-electron chi connectivity index (χ4n) is 3.03. The summed E-state index contributed by atoms with van der Waals surface area (Å²) < 4.78 is 10.5. The van der Waals surface area contributed by atoms with Gasteiger partial charge in [-0.15, -0.1) is 0 Å². The van der Waals surface area contributed by atoms with Gasteiger partial charge in [-0.3, -0.25) is 0 Å². The highest BCUT2D eigenvalue weighted by Gasteiger charge is 2.21. The molecule has 1 aromatic heterocycles. The van der Waals surface area contributed by atoms with Crippen LogP contribution in [-0.2, 0) is 0 Å². The van der Waals surface area contributed by atoms with Crippen molar-refractivity contribution in [1.82, 2.24) is 9.97 Å². The highest BCUT2D eigenvalue weighted by Crippen LogP contribution is 2.41. The van der Waals surface area contributed by atoms with Crippen LogP contribution in [0.5, 0.6) is 17.2 Å². The van der Waals surface area contributed by atoms with Crippen LogP contribution < -0.4 is 19.3 Å². The van der Waals surface area contributed by atoms with E-state index in [0.29, 0.717) is 17.3 Å². The highest BCUT2D eigenvalue weighted by atomic mass is 16.5. The lowest BCUT2D eigenvalue weighted by atomic mass is 10.1. The predicted molar refractivity (Wildman–Crippen MR) is 106 cm³/mol. The number of nitrogens with one attached hydrogen (secondary N) is 1. The summed E-state index contributed by atoms with van der Waals surface area (Å²) in [4.78, 5) is 12.8. The number of aromatic hydroxyl groups is 1. The quantitative estimate of drug-likeness (QED) is 0.711. The van der Waals surface area contributed by atoms with Crippen molar-refractivity contribution in [3.63, 3.8) is 0 Å². The fourth-order valence-corrected chi connectivity index (χ4v) is 3.03. The van der Waals surface area contributed by atoms with Crippen LogP contribution in [0, 0.1) is 0 Å². The number of phenolic OH excluding ortho intramolecular Hbond substituents is 1. The van der Waals surface area contributed by atoms with Gasteiger partial charge < -0.3 is 29.4 Å². The Bertz CT molecular complexity index is 667. The number of aromatic amines is 1. The third-order valence-corrected chi connectivity index (χ3v) is 4.56. The van der Waals surface area contributed by atoms with E-state index in [2.05, 4.69) is 42.5 Å². The average molecular weight is 362 g/mol. The molecule has 2 rings (SSSR count). The fraction of sp³-hybridized carbons (Fsp3) is 0.526. The molecule has 0 aliphatic rings. The van der Waals surface area contributed by atoms with Gasteiger partial charge in [0, 0.05) is 31.7 Å². The lowest BCUT2D eigenvalue weighted by Gasteiger charge is -2.25. The minimum absolute atomic E-state index is 0.0155. The first kappa shape index (κ1) is 19.8. The van der Waals surface area contributed by atoms with E-state index in [4.69, 9.17) is 14.5 Å². The van der Waals surface area contributed by atoms with Gasteiger partial charge in [-0.2, -0.15) is 0 Å². The largest absolute Gasteiger partial charge is 0.502 e. The normalized spacial score (nSPS) is 10.7. The van der Waals surface area contributed by atoms with E-state index >= 15 is 0 Å². The van der Waals surface area contributed by atoms with Gasteiger partial charge in [-0.1, -0.05) is 0 Å². The van der Waals surface area contributed by atoms with Gasteiger partial charge >= 0.3 is 0 Å². The number of hydrogen-bond acceptors (Lipinski definition) is 6. The van der Waals surface area contributed by atoms with Crippen molar-refractivity contribution in [2.45, 2.75) is 27.7 Å². The second-order valence-electron chi connectivity index (χ2n) is 5.83. The highest BCUT2D eigenvalue weighted by molar-refractivity contribution is 5.73. The molecule has 0 bridgehead atoms. The first-order chi connectivity index (χ1) is 12.5. The maximum atomic E-state index is 10.2. The van der Waals surface area contributed by atoms with Crippen LogP contribution in [0.1, 0.15) is 27.7 Å². The molecule has 144 valence electrons. The SMILES string of the molecule is CCN(CC)c1nc(-c2cc(OC)c(O)c(OC)c2)[nH]c1N(CC)CC. The third-order valence-electron chi connectivity index (χ3n) is 4.56. The first-order valence-corrected chi connectivity index (χ1v) is 9.09. The Morgan fingerprint density at radius 1 is 0.923 bits per heavy atom. The number of ether oxygens (including phenoxy) is 2. The molecule has 0 saturated carbocycles. The van der Waals surface area contributed by atoms with E-state index in [1.807, 2.05) is 0 Å². The molecule has 0 saturated heterocycles. The third kappa shape index (κ3) is 3.66. The number of methoxy groups -OCH3 is 2. The van der Waals surface area contributed by atoms with Crippen molar-refractivity contribution < 1.29 is 14.6 Å². The summed E-state index contributed by atoms with van der Waals surface area (Å²) in [7, 11) is 3.03. The summed E-state index contributed by atoms with van der Waals surface area (Å²) in [5.41, 5.74) is 0.795. The Balaban J connectivity index is 2.62. The molecule has 7 heteroatoms. The molecule has 2 aromatic rings. The van der Waals surface area contributed by atoms with E-state index < -0.39 is 0 Å². The topological polar surface area (TPSA) is 73.9 Å². The van der Waals surface area contributed by atoms with Crippen LogP contribution in [0.25, 0.3) is 11.4 Å². The molecule has 0 fully saturated rings. The molecule has 0 aliphatic carbocycles. The zero-order valence-electron chi connectivity index (χ0n) is 16.6. The summed E-state index contributed by atoms with van der Waals surface area (Å²) in [6.07, 6.45) is 0. The zero-order valence-corrected chi connectivity index (χ0v) is 16.6. The van der Waals surface area contributed by atoms with Crippen molar-refractivity contribution in [2.75, 3.05) is 50.2 Å². The van der Waals surface area contributed by atoms with Crippen molar-refractivity contribution in [3.05, 3.63) is 12.1 Å². The number of nitrogens with zero attached hydrogens (tertiary/aromatic N) is 3. The van der Waals surface area contributed by atoms with Gasteiger partial charge in [0.25, 0.3) is 0 Å². The average Bonchev–Trinajstić information content (AvgIpc) is 3.09. The summed E-state index contributed by atoms with van der Waals surface area (Å²) in [5.74, 6) is 3.33. The van der Waals surface area contributed by atoms with Crippen LogP contribution in [0.15, 0.2) is 12.1 Å². The van der Waals surface area contributed by atoms with Gasteiger partial charge in [0.1, 0.15) is 5.82 Å². The molecule has 1 aromatic carbocycles. The lowest BCUT2D eigenvalue weighted by molar-refractivity contribution is 0.340. The molecule has 26 heavy (non-hydrogen) atoms. The van der Waals surface area contributed by atoms with Crippen LogP contribution >= 0.6 is 0 Å². The first-order valence-electron chi connectivity index (χ1n) is 9.09. The smallest absolute Gasteiger partial charge is 0.200 e. The van der Waals surface area contributed by atoms with Gasteiger partial charge in [-0.25, -0.2) is 4.98 Å². The number of phenols is 1. The molecule has 1 heterocycles. The second-order valence-corrected chi connectivity index (χ2v) is 5.83.